The van der Waals surface area contributed by atoms with Gasteiger partial charge < -0.3 is 19.9 Å². The molecule has 0 amide bonds. The number of nitrogens with zero attached hydrogens (tertiary/aromatic N) is 2. The zero-order valence-corrected chi connectivity index (χ0v) is 12.8. The van der Waals surface area contributed by atoms with E-state index < -0.39 is 12.2 Å². The lowest BCUT2D eigenvalue weighted by atomic mass is 9.96. The second-order valence-electron chi connectivity index (χ2n) is 5.60. The van der Waals surface area contributed by atoms with Crippen molar-refractivity contribution < 1.29 is 14.9 Å². The summed E-state index contributed by atoms with van der Waals surface area (Å²) in [6.45, 7) is 7.37. The van der Waals surface area contributed by atoms with Crippen LogP contribution in [0.25, 0.3) is 11.0 Å². The summed E-state index contributed by atoms with van der Waals surface area (Å²) in [4.78, 5) is 11.1. The highest BCUT2D eigenvalue weighted by atomic mass is 16.5. The number of aromatic nitrogens is 3. The summed E-state index contributed by atoms with van der Waals surface area (Å²) in [7, 11) is 0. The molecule has 6 heteroatoms. The number of aromatic amines is 1. The van der Waals surface area contributed by atoms with Crippen LogP contribution in [-0.2, 0) is 4.74 Å². The molecule has 1 aliphatic rings. The fourth-order valence-electron chi connectivity index (χ4n) is 2.63. The lowest BCUT2D eigenvalue weighted by Gasteiger charge is -2.17. The predicted molar refractivity (Wildman–Crippen MR) is 79.8 cm³/mol. The van der Waals surface area contributed by atoms with Crippen LogP contribution in [0.15, 0.2) is 18.6 Å². The van der Waals surface area contributed by atoms with Crippen molar-refractivity contribution in [3.8, 4) is 0 Å². The molecule has 116 valence electrons. The molecule has 6 nitrogen and oxygen atoms in total. The quantitative estimate of drug-likeness (QED) is 0.739. The van der Waals surface area contributed by atoms with Crippen LogP contribution in [0.1, 0.15) is 26.5 Å². The third-order valence-corrected chi connectivity index (χ3v) is 3.94. The molecule has 5 atom stereocenters. The Morgan fingerprint density at radius 1 is 1.33 bits per heavy atom. The summed E-state index contributed by atoms with van der Waals surface area (Å²) >= 11 is 0. The van der Waals surface area contributed by atoms with Crippen LogP contribution >= 0.6 is 0 Å². The second-order valence-corrected chi connectivity index (χ2v) is 5.60. The molecule has 1 saturated heterocycles. The fourth-order valence-corrected chi connectivity index (χ4v) is 2.63. The minimum absolute atomic E-state index is 0.0324. The standard InChI is InChI=1S/C8H16O3.C7H7N3/c1-4-7(10)6(3)11-8(4)5(2)9;1-5-6-2-3-8-7(6)10-4-9-5/h4-10H,1-3H3;2-4H,1H3,(H,8,9,10)/t4-,5+,6-,7+,8-;/m0./s1. The first-order chi connectivity index (χ1) is 9.91. The van der Waals surface area contributed by atoms with Gasteiger partial charge in [0.15, 0.2) is 0 Å². The Morgan fingerprint density at radius 2 is 2.05 bits per heavy atom. The van der Waals surface area contributed by atoms with Gasteiger partial charge in [-0.2, -0.15) is 0 Å². The highest BCUT2D eigenvalue weighted by Crippen LogP contribution is 2.28. The Labute approximate surface area is 124 Å². The van der Waals surface area contributed by atoms with Crippen LogP contribution in [0.4, 0.5) is 0 Å². The molecule has 0 aliphatic carbocycles. The smallest absolute Gasteiger partial charge is 0.140 e. The molecule has 3 heterocycles. The minimum atomic E-state index is -0.496. The highest BCUT2D eigenvalue weighted by Gasteiger charge is 2.40. The van der Waals surface area contributed by atoms with E-state index in [4.69, 9.17) is 4.74 Å². The third kappa shape index (κ3) is 3.40. The number of aliphatic hydroxyl groups excluding tert-OH is 2. The van der Waals surface area contributed by atoms with Gasteiger partial charge >= 0.3 is 0 Å². The van der Waals surface area contributed by atoms with Gasteiger partial charge in [-0.05, 0) is 26.8 Å². The van der Waals surface area contributed by atoms with Crippen molar-refractivity contribution in [1.82, 2.24) is 15.0 Å². The van der Waals surface area contributed by atoms with E-state index in [1.807, 2.05) is 33.0 Å². The van der Waals surface area contributed by atoms with E-state index >= 15 is 0 Å². The molecule has 0 spiro atoms. The number of H-pyrrole nitrogens is 1. The molecule has 0 bridgehead atoms. The van der Waals surface area contributed by atoms with Crippen molar-refractivity contribution in [2.75, 3.05) is 0 Å². The monoisotopic (exact) mass is 293 g/mol. The molecule has 0 saturated carbocycles. The van der Waals surface area contributed by atoms with E-state index in [9.17, 15) is 10.2 Å². The number of nitrogens with one attached hydrogen (secondary N) is 1. The van der Waals surface area contributed by atoms with Gasteiger partial charge in [-0.25, -0.2) is 9.97 Å². The minimum Gasteiger partial charge on any atom is -0.391 e. The van der Waals surface area contributed by atoms with Crippen molar-refractivity contribution >= 4 is 11.0 Å². The lowest BCUT2D eigenvalue weighted by molar-refractivity contribution is -0.0357. The van der Waals surface area contributed by atoms with Crippen LogP contribution in [0.2, 0.25) is 0 Å². The zero-order valence-electron chi connectivity index (χ0n) is 12.8. The van der Waals surface area contributed by atoms with Gasteiger partial charge in [0.1, 0.15) is 12.0 Å². The maximum atomic E-state index is 9.45. The first-order valence-electron chi connectivity index (χ1n) is 7.18. The van der Waals surface area contributed by atoms with Crippen LogP contribution < -0.4 is 0 Å². The molecule has 0 unspecified atom stereocenters. The number of fused-ring (bicyclic) bond motifs is 1. The number of hydrogen-bond donors (Lipinski definition) is 3. The van der Waals surface area contributed by atoms with Crippen molar-refractivity contribution in [2.24, 2.45) is 5.92 Å². The summed E-state index contributed by atoms with van der Waals surface area (Å²) in [5, 5.41) is 19.8. The Hall–Kier alpha value is -1.50. The summed E-state index contributed by atoms with van der Waals surface area (Å²) in [5.41, 5.74) is 1.93. The molecule has 1 fully saturated rings. The number of aryl methyl sites for hydroxylation is 1. The summed E-state index contributed by atoms with van der Waals surface area (Å²) in [6.07, 6.45) is 2.14. The first kappa shape index (κ1) is 15.9. The fraction of sp³-hybridized carbons (Fsp3) is 0.600. The summed E-state index contributed by atoms with van der Waals surface area (Å²) in [5.74, 6) is 0.0324. The summed E-state index contributed by atoms with van der Waals surface area (Å²) in [6, 6.07) is 1.98. The van der Waals surface area contributed by atoms with Crippen molar-refractivity contribution in [2.45, 2.75) is 52.1 Å². The average Bonchev–Trinajstić information content (AvgIpc) is 3.01. The summed E-state index contributed by atoms with van der Waals surface area (Å²) < 4.78 is 5.35. The molecule has 2 aromatic heterocycles. The molecule has 2 aromatic rings. The van der Waals surface area contributed by atoms with Gasteiger partial charge in [0.25, 0.3) is 0 Å². The average molecular weight is 293 g/mol. The van der Waals surface area contributed by atoms with Crippen molar-refractivity contribution in [3.63, 3.8) is 0 Å². The van der Waals surface area contributed by atoms with Gasteiger partial charge in [-0.3, -0.25) is 0 Å². The number of ether oxygens (including phenoxy) is 1. The maximum Gasteiger partial charge on any atom is 0.140 e. The largest absolute Gasteiger partial charge is 0.391 e. The van der Waals surface area contributed by atoms with Crippen LogP contribution in [0.5, 0.6) is 0 Å². The van der Waals surface area contributed by atoms with Gasteiger partial charge in [0.05, 0.1) is 30.1 Å². The van der Waals surface area contributed by atoms with Gasteiger partial charge in [0, 0.05) is 17.5 Å². The van der Waals surface area contributed by atoms with E-state index in [-0.39, 0.29) is 18.1 Å². The molecular formula is C15H23N3O3. The molecule has 21 heavy (non-hydrogen) atoms. The number of aliphatic hydroxyl groups is 2. The zero-order chi connectivity index (χ0) is 15.6. The Bertz CT molecular complexity index is 584. The predicted octanol–water partition coefficient (Wildman–Crippen LogP) is 1.42. The number of hydrogen-bond acceptors (Lipinski definition) is 5. The maximum absolute atomic E-state index is 9.45. The van der Waals surface area contributed by atoms with Crippen LogP contribution in [0, 0.1) is 12.8 Å². The third-order valence-electron chi connectivity index (χ3n) is 3.94. The van der Waals surface area contributed by atoms with Crippen LogP contribution in [-0.4, -0.2) is 49.6 Å². The molecule has 3 rings (SSSR count). The number of rotatable bonds is 1. The van der Waals surface area contributed by atoms with E-state index in [1.54, 1.807) is 13.3 Å². The van der Waals surface area contributed by atoms with Gasteiger partial charge in [0.2, 0.25) is 0 Å². The normalized spacial score (nSPS) is 30.0. The molecule has 0 radical (unpaired) electrons. The van der Waals surface area contributed by atoms with Crippen molar-refractivity contribution in [1.29, 1.82) is 0 Å². The SMILES string of the molecule is C[C@H]1[C@@H](O)[C@H](C)O[C@@H]1[C@@H](C)O.Cc1ncnc2[nH]ccc12. The molecule has 0 aromatic carbocycles. The first-order valence-corrected chi connectivity index (χ1v) is 7.18. The van der Waals surface area contributed by atoms with Gasteiger partial charge in [-0.1, -0.05) is 6.92 Å². The van der Waals surface area contributed by atoms with Crippen LogP contribution in [0.3, 0.4) is 0 Å². The molecular weight excluding hydrogens is 270 g/mol. The topological polar surface area (TPSA) is 91.3 Å². The van der Waals surface area contributed by atoms with E-state index in [1.165, 1.54) is 0 Å². The Morgan fingerprint density at radius 3 is 2.52 bits per heavy atom. The van der Waals surface area contributed by atoms with Gasteiger partial charge in [-0.15, -0.1) is 0 Å². The van der Waals surface area contributed by atoms with E-state index in [0.717, 1.165) is 16.7 Å². The highest BCUT2D eigenvalue weighted by molar-refractivity contribution is 5.77. The van der Waals surface area contributed by atoms with E-state index in [2.05, 4.69) is 15.0 Å². The molecule has 3 N–H and O–H groups in total. The lowest BCUT2D eigenvalue weighted by Crippen LogP contribution is -2.30. The second kappa shape index (κ2) is 6.51. The van der Waals surface area contributed by atoms with E-state index in [0.29, 0.717) is 0 Å². The Kier molecular flexibility index (Phi) is 4.92. The molecule has 1 aliphatic heterocycles. The van der Waals surface area contributed by atoms with Crippen molar-refractivity contribution in [3.05, 3.63) is 24.3 Å². The Balaban J connectivity index is 0.000000154.